The lowest BCUT2D eigenvalue weighted by Crippen LogP contribution is -2.11. The lowest BCUT2D eigenvalue weighted by molar-refractivity contribution is 0.578. The Kier molecular flexibility index (Phi) is 3.19. The zero-order valence-electron chi connectivity index (χ0n) is 8.95. The first-order valence-corrected chi connectivity index (χ1v) is 5.73. The average molecular weight is 256 g/mol. The second kappa shape index (κ2) is 4.62. The maximum atomic E-state index is 13.4. The molecule has 7 heteroatoms. The van der Waals surface area contributed by atoms with E-state index in [0.29, 0.717) is 6.07 Å². The minimum Gasteiger partial charge on any atom is -0.381 e. The average Bonchev–Trinajstić information content (AvgIpc) is 2.79. The van der Waals surface area contributed by atoms with Crippen molar-refractivity contribution in [3.63, 3.8) is 0 Å². The number of hydrogen-bond donors (Lipinski definition) is 2. The Morgan fingerprint density at radius 3 is 2.82 bits per heavy atom. The van der Waals surface area contributed by atoms with Crippen molar-refractivity contribution in [3.8, 4) is 0 Å². The van der Waals surface area contributed by atoms with Gasteiger partial charge in [0.05, 0.1) is 6.04 Å². The smallest absolute Gasteiger partial charge is 0.168 e. The zero-order chi connectivity index (χ0) is 12.4. The van der Waals surface area contributed by atoms with Crippen LogP contribution in [0.5, 0.6) is 0 Å². The molecule has 0 saturated heterocycles. The first kappa shape index (κ1) is 11.7. The Bertz CT molecular complexity index is 515. The fraction of sp³-hybridized carbons (Fsp3) is 0.200. The van der Waals surface area contributed by atoms with Crippen LogP contribution in [0.1, 0.15) is 18.0 Å². The second-order valence-corrected chi connectivity index (χ2v) is 4.35. The number of aromatic nitrogens is 2. The number of nitrogens with two attached hydrogens (primary N) is 1. The normalized spacial score (nSPS) is 12.4. The van der Waals surface area contributed by atoms with E-state index in [1.807, 2.05) is 5.38 Å². The Morgan fingerprint density at radius 1 is 1.41 bits per heavy atom. The van der Waals surface area contributed by atoms with E-state index >= 15 is 0 Å². The van der Waals surface area contributed by atoms with Gasteiger partial charge in [-0.15, -0.1) is 11.3 Å². The Balaban J connectivity index is 2.22. The fourth-order valence-corrected chi connectivity index (χ4v) is 1.94. The van der Waals surface area contributed by atoms with Crippen LogP contribution in [0.15, 0.2) is 17.6 Å². The van der Waals surface area contributed by atoms with Crippen molar-refractivity contribution >= 4 is 23.0 Å². The number of hydrogen-bond acceptors (Lipinski definition) is 5. The number of anilines is 2. The zero-order valence-corrected chi connectivity index (χ0v) is 9.76. The van der Waals surface area contributed by atoms with Gasteiger partial charge in [-0.25, -0.2) is 18.7 Å². The topological polar surface area (TPSA) is 63.8 Å². The summed E-state index contributed by atoms with van der Waals surface area (Å²) in [5, 5.41) is 5.40. The van der Waals surface area contributed by atoms with Crippen molar-refractivity contribution < 1.29 is 8.78 Å². The molecule has 0 saturated carbocycles. The lowest BCUT2D eigenvalue weighted by atomic mass is 10.3. The van der Waals surface area contributed by atoms with Gasteiger partial charge in [-0.3, -0.25) is 0 Å². The number of halogens is 2. The van der Waals surface area contributed by atoms with Crippen molar-refractivity contribution in [1.29, 1.82) is 0 Å². The van der Waals surface area contributed by atoms with Crippen molar-refractivity contribution in [2.45, 2.75) is 13.0 Å². The Morgan fingerprint density at radius 2 is 2.18 bits per heavy atom. The molecule has 3 N–H and O–H groups in total. The molecule has 1 atom stereocenters. The quantitative estimate of drug-likeness (QED) is 0.886. The van der Waals surface area contributed by atoms with Crippen LogP contribution < -0.4 is 11.1 Å². The van der Waals surface area contributed by atoms with Gasteiger partial charge < -0.3 is 11.1 Å². The summed E-state index contributed by atoms with van der Waals surface area (Å²) in [5.41, 5.74) is 5.28. The van der Waals surface area contributed by atoms with Crippen LogP contribution in [0.3, 0.4) is 0 Å². The number of thiazole rings is 1. The van der Waals surface area contributed by atoms with Gasteiger partial charge in [0.15, 0.2) is 23.3 Å². The second-order valence-electron chi connectivity index (χ2n) is 3.42. The molecule has 1 unspecified atom stereocenters. The monoisotopic (exact) mass is 256 g/mol. The molecule has 0 aromatic carbocycles. The van der Waals surface area contributed by atoms with Gasteiger partial charge in [-0.1, -0.05) is 0 Å². The van der Waals surface area contributed by atoms with E-state index in [4.69, 9.17) is 5.73 Å². The van der Waals surface area contributed by atoms with Crippen molar-refractivity contribution in [2.24, 2.45) is 0 Å². The predicted octanol–water partition coefficient (Wildman–Crippen LogP) is 2.57. The minimum atomic E-state index is -0.866. The van der Waals surface area contributed by atoms with Gasteiger partial charge >= 0.3 is 0 Å². The molecule has 4 nitrogen and oxygen atoms in total. The van der Waals surface area contributed by atoms with Gasteiger partial charge in [0.25, 0.3) is 0 Å². The van der Waals surface area contributed by atoms with E-state index < -0.39 is 11.6 Å². The molecule has 0 amide bonds. The number of nitrogen functional groups attached to an aromatic ring is 1. The molecule has 90 valence electrons. The number of pyridine rings is 1. The molecule has 0 aliphatic rings. The first-order chi connectivity index (χ1) is 8.08. The largest absolute Gasteiger partial charge is 0.381 e. The molecule has 0 aliphatic heterocycles. The minimum absolute atomic E-state index is 0.0772. The van der Waals surface area contributed by atoms with Crippen LogP contribution in [-0.4, -0.2) is 9.97 Å². The maximum Gasteiger partial charge on any atom is 0.168 e. The van der Waals surface area contributed by atoms with Crippen LogP contribution in [0.25, 0.3) is 0 Å². The van der Waals surface area contributed by atoms with Crippen LogP contribution in [0.2, 0.25) is 0 Å². The summed E-state index contributed by atoms with van der Waals surface area (Å²) in [6, 6.07) is 0.487. The molecular weight excluding hydrogens is 246 g/mol. The summed E-state index contributed by atoms with van der Waals surface area (Å²) >= 11 is 1.43. The summed E-state index contributed by atoms with van der Waals surface area (Å²) in [4.78, 5) is 7.70. The lowest BCUT2D eigenvalue weighted by Gasteiger charge is -2.13. The predicted molar refractivity (Wildman–Crippen MR) is 62.7 cm³/mol. The van der Waals surface area contributed by atoms with Gasteiger partial charge in [0.1, 0.15) is 5.01 Å². The van der Waals surface area contributed by atoms with Crippen LogP contribution in [0.4, 0.5) is 20.4 Å². The molecule has 0 spiro atoms. The molecule has 2 heterocycles. The maximum absolute atomic E-state index is 13.4. The molecule has 0 radical (unpaired) electrons. The highest BCUT2D eigenvalue weighted by Crippen LogP contribution is 2.23. The first-order valence-electron chi connectivity index (χ1n) is 4.85. The summed E-state index contributed by atoms with van der Waals surface area (Å²) in [6.45, 7) is 1.81. The van der Waals surface area contributed by atoms with Gasteiger partial charge in [0.2, 0.25) is 0 Å². The summed E-state index contributed by atoms with van der Waals surface area (Å²) in [5.74, 6) is -2.05. The molecule has 0 fully saturated rings. The highest BCUT2D eigenvalue weighted by molar-refractivity contribution is 7.09. The Hall–Kier alpha value is -1.76. The number of nitrogens with zero attached hydrogens (tertiary/aromatic N) is 2. The highest BCUT2D eigenvalue weighted by Gasteiger charge is 2.14. The van der Waals surface area contributed by atoms with Crippen molar-refractivity contribution in [1.82, 2.24) is 9.97 Å². The van der Waals surface area contributed by atoms with E-state index in [2.05, 4.69) is 15.3 Å². The van der Waals surface area contributed by atoms with Gasteiger partial charge in [-0.2, -0.15) is 0 Å². The SMILES string of the molecule is CC(Nc1nc(N)c(F)cc1F)c1nccs1. The molecule has 0 bridgehead atoms. The number of nitrogens with one attached hydrogen (secondary N) is 1. The van der Waals surface area contributed by atoms with Gasteiger partial charge in [0, 0.05) is 17.6 Å². The fourth-order valence-electron chi connectivity index (χ4n) is 1.30. The van der Waals surface area contributed by atoms with Crippen molar-refractivity contribution in [3.05, 3.63) is 34.3 Å². The van der Waals surface area contributed by atoms with Crippen LogP contribution in [-0.2, 0) is 0 Å². The summed E-state index contributed by atoms with van der Waals surface area (Å²) in [7, 11) is 0. The van der Waals surface area contributed by atoms with E-state index in [-0.39, 0.29) is 17.7 Å². The van der Waals surface area contributed by atoms with E-state index in [1.54, 1.807) is 13.1 Å². The summed E-state index contributed by atoms with van der Waals surface area (Å²) in [6.07, 6.45) is 1.65. The molecule has 0 aliphatic carbocycles. The van der Waals surface area contributed by atoms with E-state index in [1.165, 1.54) is 11.3 Å². The molecule has 2 rings (SSSR count). The molecule has 17 heavy (non-hydrogen) atoms. The van der Waals surface area contributed by atoms with Gasteiger partial charge in [-0.05, 0) is 6.92 Å². The molecular formula is C10H10F2N4S. The van der Waals surface area contributed by atoms with Crippen LogP contribution in [0, 0.1) is 11.6 Å². The Labute approximate surface area is 101 Å². The standard InChI is InChI=1S/C10H10F2N4S/c1-5(10-14-2-3-17-10)15-9-7(12)4-6(11)8(13)16-9/h2-5H,1H3,(H3,13,15,16). The third-order valence-corrected chi connectivity index (χ3v) is 3.09. The van der Waals surface area contributed by atoms with Crippen LogP contribution >= 0.6 is 11.3 Å². The highest BCUT2D eigenvalue weighted by atomic mass is 32.1. The third-order valence-electron chi connectivity index (χ3n) is 2.13. The molecule has 2 aromatic heterocycles. The van der Waals surface area contributed by atoms with E-state index in [0.717, 1.165) is 5.01 Å². The number of rotatable bonds is 3. The van der Waals surface area contributed by atoms with Crippen molar-refractivity contribution in [2.75, 3.05) is 11.1 Å². The summed E-state index contributed by atoms with van der Waals surface area (Å²) < 4.78 is 26.3. The third kappa shape index (κ3) is 2.50. The van der Waals surface area contributed by atoms with E-state index in [9.17, 15) is 8.78 Å². The molecule has 2 aromatic rings.